The summed E-state index contributed by atoms with van der Waals surface area (Å²) in [6.45, 7) is 2.55. The van der Waals surface area contributed by atoms with Crippen LogP contribution in [0.1, 0.15) is 25.7 Å². The minimum absolute atomic E-state index is 0.584. The van der Waals surface area contributed by atoms with Crippen LogP contribution < -0.4 is 11.1 Å². The van der Waals surface area contributed by atoms with E-state index < -0.39 is 0 Å². The number of nitrogens with one attached hydrogen (secondary N) is 1. The third-order valence-electron chi connectivity index (χ3n) is 3.98. The first-order valence-corrected chi connectivity index (χ1v) is 6.53. The van der Waals surface area contributed by atoms with Gasteiger partial charge in [0.05, 0.1) is 11.9 Å². The molecule has 17 heavy (non-hydrogen) atoms. The first-order chi connectivity index (χ1) is 8.31. The van der Waals surface area contributed by atoms with Gasteiger partial charge in [0.25, 0.3) is 0 Å². The van der Waals surface area contributed by atoms with Crippen molar-refractivity contribution in [1.29, 1.82) is 0 Å². The summed E-state index contributed by atoms with van der Waals surface area (Å²) in [6, 6.07) is 5.28. The molecule has 4 nitrogen and oxygen atoms in total. The van der Waals surface area contributed by atoms with Crippen LogP contribution in [0.5, 0.6) is 0 Å². The highest BCUT2D eigenvalue weighted by atomic mass is 15.2. The van der Waals surface area contributed by atoms with Crippen molar-refractivity contribution in [1.82, 2.24) is 9.88 Å². The van der Waals surface area contributed by atoms with Crippen molar-refractivity contribution in [3.05, 3.63) is 18.3 Å². The van der Waals surface area contributed by atoms with E-state index in [4.69, 9.17) is 5.73 Å². The van der Waals surface area contributed by atoms with Crippen LogP contribution in [0.3, 0.4) is 0 Å². The van der Waals surface area contributed by atoms with Gasteiger partial charge in [-0.1, -0.05) is 0 Å². The van der Waals surface area contributed by atoms with Gasteiger partial charge in [0, 0.05) is 18.6 Å². The number of nitrogens with two attached hydrogens (primary N) is 1. The Hall–Kier alpha value is -1.29. The van der Waals surface area contributed by atoms with Crippen LogP contribution in [0.4, 0.5) is 11.5 Å². The summed E-state index contributed by atoms with van der Waals surface area (Å²) in [5.74, 6) is 0.584. The minimum Gasteiger partial charge on any atom is -0.384 e. The van der Waals surface area contributed by atoms with Crippen LogP contribution in [0, 0.1) is 0 Å². The van der Waals surface area contributed by atoms with Crippen molar-refractivity contribution in [2.75, 3.05) is 24.1 Å². The summed E-state index contributed by atoms with van der Waals surface area (Å²) in [6.07, 6.45) is 7.08. The molecule has 0 bridgehead atoms. The molecule has 0 amide bonds. The lowest BCUT2D eigenvalue weighted by molar-refractivity contribution is 0.188. The highest BCUT2D eigenvalue weighted by Gasteiger charge is 2.31. The Labute approximate surface area is 102 Å². The maximum absolute atomic E-state index is 5.58. The second-order valence-corrected chi connectivity index (χ2v) is 5.17. The van der Waals surface area contributed by atoms with E-state index in [0.717, 1.165) is 11.7 Å². The van der Waals surface area contributed by atoms with Gasteiger partial charge in [-0.15, -0.1) is 0 Å². The molecule has 1 aromatic heterocycles. The van der Waals surface area contributed by atoms with Crippen LogP contribution >= 0.6 is 0 Å². The predicted octanol–water partition coefficient (Wildman–Crippen LogP) is 1.70. The van der Waals surface area contributed by atoms with E-state index in [-0.39, 0.29) is 0 Å². The van der Waals surface area contributed by atoms with Gasteiger partial charge in [-0.25, -0.2) is 4.98 Å². The molecule has 0 aliphatic carbocycles. The third-order valence-corrected chi connectivity index (χ3v) is 3.98. The normalized spacial score (nSPS) is 28.9. The van der Waals surface area contributed by atoms with E-state index >= 15 is 0 Å². The molecule has 2 aliphatic heterocycles. The topological polar surface area (TPSA) is 54.2 Å². The number of aromatic nitrogens is 1. The van der Waals surface area contributed by atoms with Crippen molar-refractivity contribution >= 4 is 11.5 Å². The zero-order valence-corrected chi connectivity index (χ0v) is 10.1. The number of fused-ring (bicyclic) bond motifs is 1. The Balaban J connectivity index is 1.60. The van der Waals surface area contributed by atoms with Crippen LogP contribution in [0.25, 0.3) is 0 Å². The molecule has 0 spiro atoms. The smallest absolute Gasteiger partial charge is 0.123 e. The second-order valence-electron chi connectivity index (χ2n) is 5.17. The zero-order chi connectivity index (χ0) is 11.7. The molecular formula is C13H20N4. The van der Waals surface area contributed by atoms with Gasteiger partial charge in [0.15, 0.2) is 0 Å². The van der Waals surface area contributed by atoms with Gasteiger partial charge in [0.1, 0.15) is 5.82 Å². The number of piperidine rings is 1. The fourth-order valence-electron chi connectivity index (χ4n) is 3.08. The predicted molar refractivity (Wildman–Crippen MR) is 69.9 cm³/mol. The molecule has 0 radical (unpaired) electrons. The average molecular weight is 232 g/mol. The molecule has 1 aromatic rings. The van der Waals surface area contributed by atoms with Gasteiger partial charge in [-0.2, -0.15) is 0 Å². The van der Waals surface area contributed by atoms with Crippen molar-refractivity contribution in [3.63, 3.8) is 0 Å². The summed E-state index contributed by atoms with van der Waals surface area (Å²) < 4.78 is 0. The fraction of sp³-hybridized carbons (Fsp3) is 0.615. The number of nitrogen functional groups attached to an aromatic ring is 1. The SMILES string of the molecule is Nc1ccc(NC2CCN3CCCC3C2)cn1. The standard InChI is InChI=1S/C13H20N4/c14-13-4-3-11(9-15-13)16-10-5-7-17-6-1-2-12(17)8-10/h3-4,9-10,12,16H,1-2,5-8H2,(H2,14,15). The maximum atomic E-state index is 5.58. The molecule has 92 valence electrons. The van der Waals surface area contributed by atoms with Gasteiger partial charge in [0.2, 0.25) is 0 Å². The molecule has 2 unspecified atom stereocenters. The van der Waals surface area contributed by atoms with Gasteiger partial charge < -0.3 is 16.0 Å². The molecular weight excluding hydrogens is 212 g/mol. The Morgan fingerprint density at radius 3 is 3.06 bits per heavy atom. The molecule has 0 aromatic carbocycles. The number of pyridine rings is 1. The Morgan fingerprint density at radius 1 is 1.29 bits per heavy atom. The van der Waals surface area contributed by atoms with E-state index in [2.05, 4.69) is 15.2 Å². The molecule has 0 saturated carbocycles. The maximum Gasteiger partial charge on any atom is 0.123 e. The molecule has 3 N–H and O–H groups in total. The Kier molecular flexibility index (Phi) is 2.89. The van der Waals surface area contributed by atoms with Crippen molar-refractivity contribution < 1.29 is 0 Å². The van der Waals surface area contributed by atoms with Crippen LogP contribution in [0.15, 0.2) is 18.3 Å². The largest absolute Gasteiger partial charge is 0.384 e. The number of hydrogen-bond acceptors (Lipinski definition) is 4. The van der Waals surface area contributed by atoms with Crippen LogP contribution in [0.2, 0.25) is 0 Å². The van der Waals surface area contributed by atoms with Crippen LogP contribution in [-0.2, 0) is 0 Å². The lowest BCUT2D eigenvalue weighted by Crippen LogP contribution is -2.42. The first-order valence-electron chi connectivity index (χ1n) is 6.53. The van der Waals surface area contributed by atoms with Gasteiger partial charge in [-0.05, 0) is 44.4 Å². The van der Waals surface area contributed by atoms with Gasteiger partial charge >= 0.3 is 0 Å². The lowest BCUT2D eigenvalue weighted by atomic mass is 9.97. The molecule has 2 aliphatic rings. The highest BCUT2D eigenvalue weighted by molar-refractivity contribution is 5.46. The van der Waals surface area contributed by atoms with E-state index in [1.165, 1.54) is 38.8 Å². The van der Waals surface area contributed by atoms with E-state index in [0.29, 0.717) is 11.9 Å². The van der Waals surface area contributed by atoms with Gasteiger partial charge in [-0.3, -0.25) is 0 Å². The summed E-state index contributed by atoms with van der Waals surface area (Å²) in [7, 11) is 0. The van der Waals surface area contributed by atoms with E-state index in [1.54, 1.807) is 0 Å². The monoisotopic (exact) mass is 232 g/mol. The minimum atomic E-state index is 0.584. The molecule has 2 atom stereocenters. The summed E-state index contributed by atoms with van der Waals surface area (Å²) >= 11 is 0. The number of rotatable bonds is 2. The Morgan fingerprint density at radius 2 is 2.24 bits per heavy atom. The lowest BCUT2D eigenvalue weighted by Gasteiger charge is -2.35. The average Bonchev–Trinajstić information content (AvgIpc) is 2.79. The second kappa shape index (κ2) is 4.53. The zero-order valence-electron chi connectivity index (χ0n) is 10.1. The summed E-state index contributed by atoms with van der Waals surface area (Å²) in [5, 5.41) is 3.58. The molecule has 2 saturated heterocycles. The van der Waals surface area contributed by atoms with E-state index in [1.807, 2.05) is 18.3 Å². The number of anilines is 2. The molecule has 3 heterocycles. The molecule has 4 heteroatoms. The van der Waals surface area contributed by atoms with Crippen molar-refractivity contribution in [2.24, 2.45) is 0 Å². The third kappa shape index (κ3) is 2.36. The van der Waals surface area contributed by atoms with Crippen molar-refractivity contribution in [2.45, 2.75) is 37.8 Å². The fourth-order valence-corrected chi connectivity index (χ4v) is 3.08. The van der Waals surface area contributed by atoms with Crippen molar-refractivity contribution in [3.8, 4) is 0 Å². The summed E-state index contributed by atoms with van der Waals surface area (Å²) in [5.41, 5.74) is 6.68. The highest BCUT2D eigenvalue weighted by Crippen LogP contribution is 2.28. The first kappa shape index (κ1) is 10.8. The van der Waals surface area contributed by atoms with Crippen LogP contribution in [-0.4, -0.2) is 35.1 Å². The molecule has 3 rings (SSSR count). The molecule has 2 fully saturated rings. The summed E-state index contributed by atoms with van der Waals surface area (Å²) in [4.78, 5) is 6.75. The number of hydrogen-bond donors (Lipinski definition) is 2. The van der Waals surface area contributed by atoms with E-state index in [9.17, 15) is 0 Å². The quantitative estimate of drug-likeness (QED) is 0.815. The number of nitrogens with zero attached hydrogens (tertiary/aromatic N) is 2. The Bertz CT molecular complexity index is 376.